The van der Waals surface area contributed by atoms with Gasteiger partial charge in [-0.3, -0.25) is 9.59 Å². The Labute approximate surface area is 194 Å². The molecule has 0 bridgehead atoms. The topological polar surface area (TPSA) is 49.9 Å². The molecule has 2 aromatic rings. The van der Waals surface area contributed by atoms with Crippen molar-refractivity contribution in [3.63, 3.8) is 0 Å². The monoisotopic (exact) mass is 452 g/mol. The molecule has 170 valence electrons. The van der Waals surface area contributed by atoms with Crippen molar-refractivity contribution in [2.24, 2.45) is 5.92 Å². The lowest BCUT2D eigenvalue weighted by atomic mass is 10.00. The molecule has 1 aliphatic heterocycles. The molecular weight excluding hydrogens is 420 g/mol. The Morgan fingerprint density at radius 3 is 2.53 bits per heavy atom. The third kappa shape index (κ3) is 4.56. The van der Waals surface area contributed by atoms with Crippen LogP contribution in [-0.2, 0) is 16.0 Å². The Morgan fingerprint density at radius 2 is 1.88 bits per heavy atom. The van der Waals surface area contributed by atoms with Crippen LogP contribution in [0.25, 0.3) is 0 Å². The maximum absolute atomic E-state index is 13.4. The van der Waals surface area contributed by atoms with Crippen LogP contribution in [0.15, 0.2) is 35.7 Å². The zero-order valence-corrected chi connectivity index (χ0v) is 19.8. The van der Waals surface area contributed by atoms with Gasteiger partial charge in [0, 0.05) is 23.4 Å². The van der Waals surface area contributed by atoms with Gasteiger partial charge < -0.3 is 14.5 Å². The maximum Gasteiger partial charge on any atom is 0.242 e. The van der Waals surface area contributed by atoms with E-state index in [-0.39, 0.29) is 36.4 Å². The van der Waals surface area contributed by atoms with Crippen molar-refractivity contribution >= 4 is 23.2 Å². The third-order valence-electron chi connectivity index (χ3n) is 6.87. The fraction of sp³-hybridized carbons (Fsp3) is 0.538. The number of fused-ring (bicyclic) bond motifs is 1. The Bertz CT molecular complexity index is 975. The number of nitrogens with zero attached hydrogens (tertiary/aromatic N) is 2. The van der Waals surface area contributed by atoms with E-state index in [1.54, 1.807) is 11.3 Å². The van der Waals surface area contributed by atoms with Crippen molar-refractivity contribution in [1.82, 2.24) is 9.80 Å². The number of hydrogen-bond acceptors (Lipinski definition) is 4. The number of benzene rings is 1. The number of ether oxygens (including phenoxy) is 1. The normalized spacial score (nSPS) is 20.2. The molecule has 1 aromatic carbocycles. The predicted octanol–water partition coefficient (Wildman–Crippen LogP) is 4.78. The van der Waals surface area contributed by atoms with Gasteiger partial charge >= 0.3 is 0 Å². The molecule has 0 unspecified atom stereocenters. The van der Waals surface area contributed by atoms with Gasteiger partial charge in [-0.05, 0) is 72.7 Å². The summed E-state index contributed by atoms with van der Waals surface area (Å²) < 4.78 is 6.18. The first-order valence-corrected chi connectivity index (χ1v) is 12.8. The summed E-state index contributed by atoms with van der Waals surface area (Å²) >= 11 is 1.76. The van der Waals surface area contributed by atoms with Crippen molar-refractivity contribution < 1.29 is 14.3 Å². The van der Waals surface area contributed by atoms with Crippen LogP contribution in [0.3, 0.4) is 0 Å². The van der Waals surface area contributed by atoms with Gasteiger partial charge in [0.2, 0.25) is 11.8 Å². The van der Waals surface area contributed by atoms with Crippen LogP contribution in [0.1, 0.15) is 67.5 Å². The van der Waals surface area contributed by atoms with Crippen LogP contribution < -0.4 is 4.74 Å². The molecule has 0 N–H and O–H groups in total. The molecule has 5 nitrogen and oxygen atoms in total. The average Bonchev–Trinajstić information content (AvgIpc) is 3.73. The molecule has 2 heterocycles. The average molecular weight is 453 g/mol. The summed E-state index contributed by atoms with van der Waals surface area (Å²) in [5.41, 5.74) is 2.48. The SMILES string of the molecule is CC(C)c1ccc(OC[C@H]2c3ccsc3CCN2C(=O)CN(C(=O)C2CC2)C2CC2)cc1. The third-order valence-corrected chi connectivity index (χ3v) is 7.87. The first-order valence-electron chi connectivity index (χ1n) is 11.9. The molecule has 1 atom stereocenters. The molecule has 0 radical (unpaired) electrons. The van der Waals surface area contributed by atoms with Crippen LogP contribution in [-0.4, -0.2) is 47.4 Å². The molecule has 2 amide bonds. The minimum Gasteiger partial charge on any atom is -0.491 e. The fourth-order valence-corrected chi connectivity index (χ4v) is 5.50. The highest BCUT2D eigenvalue weighted by Crippen LogP contribution is 2.37. The van der Waals surface area contributed by atoms with Crippen LogP contribution >= 0.6 is 11.3 Å². The molecule has 6 heteroatoms. The van der Waals surface area contributed by atoms with Gasteiger partial charge in [-0.1, -0.05) is 26.0 Å². The second-order valence-electron chi connectivity index (χ2n) is 9.66. The second-order valence-corrected chi connectivity index (χ2v) is 10.7. The molecular formula is C26H32N2O3S. The lowest BCUT2D eigenvalue weighted by Gasteiger charge is -2.37. The van der Waals surface area contributed by atoms with Gasteiger partial charge in [0.15, 0.2) is 0 Å². The first kappa shape index (κ1) is 21.5. The minimum atomic E-state index is -0.112. The molecule has 2 fully saturated rings. The van der Waals surface area contributed by atoms with Crippen molar-refractivity contribution in [2.45, 2.75) is 64.0 Å². The van der Waals surface area contributed by atoms with E-state index in [1.165, 1.54) is 16.0 Å². The second kappa shape index (κ2) is 8.89. The van der Waals surface area contributed by atoms with Crippen molar-refractivity contribution in [3.05, 3.63) is 51.7 Å². The lowest BCUT2D eigenvalue weighted by molar-refractivity contribution is -0.143. The highest BCUT2D eigenvalue weighted by atomic mass is 32.1. The standard InChI is InChI=1S/C26H32N2O3S/c1-17(2)18-5-9-21(10-6-18)31-16-23-22-12-14-32-24(22)11-13-27(23)25(29)15-28(20-7-8-20)26(30)19-3-4-19/h5-6,9-10,12,14,17,19-20,23H,3-4,7-8,11,13,15-16H2,1-2H3/t23-/m0/s1. The summed E-state index contributed by atoms with van der Waals surface area (Å²) in [5.74, 6) is 1.70. The summed E-state index contributed by atoms with van der Waals surface area (Å²) in [7, 11) is 0. The number of amides is 2. The van der Waals surface area contributed by atoms with E-state index in [4.69, 9.17) is 4.74 Å². The molecule has 2 aliphatic carbocycles. The number of carbonyl (C=O) groups excluding carboxylic acids is 2. The van der Waals surface area contributed by atoms with Gasteiger partial charge in [0.05, 0.1) is 6.04 Å². The largest absolute Gasteiger partial charge is 0.491 e. The molecule has 1 aromatic heterocycles. The van der Waals surface area contributed by atoms with Gasteiger partial charge in [-0.2, -0.15) is 0 Å². The van der Waals surface area contributed by atoms with E-state index in [2.05, 4.69) is 37.4 Å². The van der Waals surface area contributed by atoms with Gasteiger partial charge in [-0.15, -0.1) is 11.3 Å². The van der Waals surface area contributed by atoms with Gasteiger partial charge in [0.25, 0.3) is 0 Å². The van der Waals surface area contributed by atoms with Gasteiger partial charge in [0.1, 0.15) is 18.9 Å². The highest BCUT2D eigenvalue weighted by molar-refractivity contribution is 7.10. The number of hydrogen-bond donors (Lipinski definition) is 0. The van der Waals surface area contributed by atoms with Crippen LogP contribution in [0, 0.1) is 5.92 Å². The molecule has 32 heavy (non-hydrogen) atoms. The van der Waals surface area contributed by atoms with Gasteiger partial charge in [-0.25, -0.2) is 0 Å². The van der Waals surface area contributed by atoms with E-state index in [1.807, 2.05) is 21.9 Å². The predicted molar refractivity (Wildman–Crippen MR) is 126 cm³/mol. The van der Waals surface area contributed by atoms with Crippen molar-refractivity contribution in [1.29, 1.82) is 0 Å². The smallest absolute Gasteiger partial charge is 0.242 e. The molecule has 3 aliphatic rings. The molecule has 5 rings (SSSR count). The summed E-state index contributed by atoms with van der Waals surface area (Å²) in [6.07, 6.45) is 4.88. The summed E-state index contributed by atoms with van der Waals surface area (Å²) in [6, 6.07) is 10.5. The first-order chi connectivity index (χ1) is 15.5. The van der Waals surface area contributed by atoms with Crippen LogP contribution in [0.2, 0.25) is 0 Å². The molecule has 0 spiro atoms. The highest BCUT2D eigenvalue weighted by Gasteiger charge is 2.42. The maximum atomic E-state index is 13.4. The van der Waals surface area contributed by atoms with E-state index >= 15 is 0 Å². The number of thiophene rings is 1. The zero-order chi connectivity index (χ0) is 22.2. The summed E-state index contributed by atoms with van der Waals surface area (Å²) in [4.78, 5) is 31.4. The Kier molecular flexibility index (Phi) is 5.97. The lowest BCUT2D eigenvalue weighted by Crippen LogP contribution is -2.48. The Morgan fingerprint density at radius 1 is 1.12 bits per heavy atom. The van der Waals surface area contributed by atoms with E-state index < -0.39 is 0 Å². The zero-order valence-electron chi connectivity index (χ0n) is 19.0. The Balaban J connectivity index is 1.30. The summed E-state index contributed by atoms with van der Waals surface area (Å²) in [5, 5.41) is 2.11. The molecule has 0 saturated heterocycles. The fourth-order valence-electron chi connectivity index (χ4n) is 4.57. The van der Waals surface area contributed by atoms with Crippen LogP contribution in [0.5, 0.6) is 5.75 Å². The van der Waals surface area contributed by atoms with Crippen molar-refractivity contribution in [3.8, 4) is 5.75 Å². The summed E-state index contributed by atoms with van der Waals surface area (Å²) in [6.45, 7) is 5.68. The van der Waals surface area contributed by atoms with E-state index in [9.17, 15) is 9.59 Å². The van der Waals surface area contributed by atoms with Crippen molar-refractivity contribution in [2.75, 3.05) is 19.7 Å². The van der Waals surface area contributed by atoms with E-state index in [0.29, 0.717) is 19.1 Å². The van der Waals surface area contributed by atoms with Crippen LogP contribution in [0.4, 0.5) is 0 Å². The number of rotatable bonds is 8. The van der Waals surface area contributed by atoms with E-state index in [0.717, 1.165) is 37.9 Å². The number of carbonyl (C=O) groups is 2. The quantitative estimate of drug-likeness (QED) is 0.579. The Hall–Kier alpha value is -2.34. The minimum absolute atomic E-state index is 0.0477. The molecule has 2 saturated carbocycles.